The van der Waals surface area contributed by atoms with E-state index in [9.17, 15) is 19.0 Å². The standard InChI is InChI=1S/C25H31N5O4S/c1-17-6-11-23(27-26-17)30-16-22(24(28-30)20-4-2-3-5-21(20)25(31)32)18-7-9-19(10-8-18)29-12-14-35(33,34)15-13-29/h6-11,16,20-21,33-34H,2-5,12-15H2,1H3,(H,31,32)/t20-,21-/m1/s1. The van der Waals surface area contributed by atoms with Crippen LogP contribution in [0, 0.1) is 12.8 Å². The Balaban J connectivity index is 1.50. The molecule has 2 atom stereocenters. The van der Waals surface area contributed by atoms with Crippen molar-refractivity contribution in [3.63, 3.8) is 0 Å². The van der Waals surface area contributed by atoms with Crippen LogP contribution in [-0.4, -0.2) is 64.8 Å². The number of aromatic nitrogens is 4. The van der Waals surface area contributed by atoms with Gasteiger partial charge in [0.25, 0.3) is 0 Å². The van der Waals surface area contributed by atoms with Crippen LogP contribution < -0.4 is 4.90 Å². The summed E-state index contributed by atoms with van der Waals surface area (Å²) in [7, 11) is -2.44. The number of anilines is 1. The highest BCUT2D eigenvalue weighted by molar-refractivity contribution is 8.24. The van der Waals surface area contributed by atoms with Gasteiger partial charge >= 0.3 is 5.97 Å². The summed E-state index contributed by atoms with van der Waals surface area (Å²) < 4.78 is 21.5. The van der Waals surface area contributed by atoms with Crippen LogP contribution in [-0.2, 0) is 4.79 Å². The summed E-state index contributed by atoms with van der Waals surface area (Å²) in [6, 6.07) is 11.9. The number of carbonyl (C=O) groups is 1. The second kappa shape index (κ2) is 9.60. The number of nitrogens with zero attached hydrogens (tertiary/aromatic N) is 5. The second-order valence-electron chi connectivity index (χ2n) is 9.49. The summed E-state index contributed by atoms with van der Waals surface area (Å²) in [5.41, 5.74) is 4.51. The van der Waals surface area contributed by atoms with Crippen LogP contribution in [0.3, 0.4) is 0 Å². The SMILES string of the molecule is Cc1ccc(-n2cc(-c3ccc(N4CCS(O)(O)CC4)cc3)c([C@@H]3CCCC[C@H]3C(=O)O)n2)nn1. The van der Waals surface area contributed by atoms with Crippen LogP contribution in [0.4, 0.5) is 5.69 Å². The monoisotopic (exact) mass is 497 g/mol. The lowest BCUT2D eigenvalue weighted by Crippen LogP contribution is -2.38. The Labute approximate surface area is 206 Å². The van der Waals surface area contributed by atoms with Gasteiger partial charge in [0.15, 0.2) is 5.82 Å². The lowest BCUT2D eigenvalue weighted by Gasteiger charge is -2.41. The molecule has 9 nitrogen and oxygen atoms in total. The van der Waals surface area contributed by atoms with E-state index < -0.39 is 22.5 Å². The molecular formula is C25H31N5O4S. The maximum Gasteiger partial charge on any atom is 0.307 e. The lowest BCUT2D eigenvalue weighted by molar-refractivity contribution is -0.143. The van der Waals surface area contributed by atoms with Crippen LogP contribution in [0.2, 0.25) is 0 Å². The van der Waals surface area contributed by atoms with Crippen LogP contribution >= 0.6 is 10.6 Å². The molecular weight excluding hydrogens is 466 g/mol. The minimum absolute atomic E-state index is 0.164. The van der Waals surface area contributed by atoms with Gasteiger partial charge in [-0.1, -0.05) is 25.0 Å². The van der Waals surface area contributed by atoms with Crippen molar-refractivity contribution >= 4 is 22.2 Å². The number of hydrogen-bond donors (Lipinski definition) is 3. The Hall–Kier alpha value is -2.95. The highest BCUT2D eigenvalue weighted by Crippen LogP contribution is 2.43. The number of aryl methyl sites for hydroxylation is 1. The van der Waals surface area contributed by atoms with Gasteiger partial charge in [0.1, 0.15) is 0 Å². The van der Waals surface area contributed by atoms with Gasteiger partial charge in [-0.3, -0.25) is 13.9 Å². The fraction of sp³-hybridized carbons (Fsp3) is 0.440. The number of rotatable bonds is 5. The van der Waals surface area contributed by atoms with Crippen LogP contribution in [0.5, 0.6) is 0 Å². The van der Waals surface area contributed by atoms with E-state index in [2.05, 4.69) is 15.1 Å². The van der Waals surface area contributed by atoms with Crippen molar-refractivity contribution in [2.45, 2.75) is 38.5 Å². The number of aliphatic carboxylic acids is 1. The third-order valence-electron chi connectivity index (χ3n) is 7.12. The largest absolute Gasteiger partial charge is 0.481 e. The summed E-state index contributed by atoms with van der Waals surface area (Å²) in [6.07, 6.45) is 5.27. The van der Waals surface area contributed by atoms with E-state index in [1.165, 1.54) is 0 Å². The molecule has 0 unspecified atom stereocenters. The van der Waals surface area contributed by atoms with E-state index >= 15 is 0 Å². The van der Waals surface area contributed by atoms with Crippen LogP contribution in [0.25, 0.3) is 16.9 Å². The first-order valence-corrected chi connectivity index (χ1v) is 13.9. The van der Waals surface area contributed by atoms with Crippen molar-refractivity contribution in [1.29, 1.82) is 0 Å². The molecule has 3 aromatic rings. The van der Waals surface area contributed by atoms with E-state index in [1.54, 1.807) is 4.68 Å². The molecule has 35 heavy (non-hydrogen) atoms. The van der Waals surface area contributed by atoms with Gasteiger partial charge in [0.2, 0.25) is 0 Å². The molecule has 10 heteroatoms. The quantitative estimate of drug-likeness (QED) is 0.468. The molecule has 2 aromatic heterocycles. The van der Waals surface area contributed by atoms with Crippen molar-refractivity contribution in [3.8, 4) is 16.9 Å². The molecule has 0 bridgehead atoms. The number of carboxylic acid groups (broad SMARTS) is 1. The van der Waals surface area contributed by atoms with Gasteiger partial charge in [-0.15, -0.1) is 5.10 Å². The molecule has 2 fully saturated rings. The summed E-state index contributed by atoms with van der Waals surface area (Å²) in [5.74, 6) is -0.0140. The maximum absolute atomic E-state index is 12.1. The fourth-order valence-electron chi connectivity index (χ4n) is 5.11. The average Bonchev–Trinajstić information content (AvgIpc) is 3.30. The van der Waals surface area contributed by atoms with E-state index in [0.717, 1.165) is 47.5 Å². The third kappa shape index (κ3) is 5.05. The Bertz CT molecular complexity index is 1190. The topological polar surface area (TPSA) is 125 Å². The van der Waals surface area contributed by atoms with Gasteiger partial charge in [-0.25, -0.2) is 4.68 Å². The molecule has 1 aromatic carbocycles. The molecule has 1 saturated carbocycles. The molecule has 3 heterocycles. The summed E-state index contributed by atoms with van der Waals surface area (Å²) in [6.45, 7) is 3.10. The van der Waals surface area contributed by atoms with Gasteiger partial charge in [-0.05, 0) is 49.6 Å². The van der Waals surface area contributed by atoms with Gasteiger partial charge in [0.05, 0.1) is 28.8 Å². The second-order valence-corrected chi connectivity index (χ2v) is 11.9. The molecule has 0 amide bonds. The van der Waals surface area contributed by atoms with Crippen LogP contribution in [0.1, 0.15) is 43.0 Å². The molecule has 5 rings (SSSR count). The fourth-order valence-corrected chi connectivity index (χ4v) is 6.34. The van der Waals surface area contributed by atoms with Crippen LogP contribution in [0.15, 0.2) is 42.6 Å². The Morgan fingerprint density at radius 1 is 1.00 bits per heavy atom. The Morgan fingerprint density at radius 3 is 2.37 bits per heavy atom. The summed E-state index contributed by atoms with van der Waals surface area (Å²) in [5, 5.41) is 23.2. The number of hydrogen-bond acceptors (Lipinski definition) is 7. The van der Waals surface area contributed by atoms with Crippen molar-refractivity contribution in [1.82, 2.24) is 20.0 Å². The molecule has 1 aliphatic carbocycles. The van der Waals surface area contributed by atoms with Crippen molar-refractivity contribution < 1.29 is 19.0 Å². The van der Waals surface area contributed by atoms with Gasteiger partial charge in [0, 0.05) is 36.5 Å². The predicted octanol–water partition coefficient (Wildman–Crippen LogP) is 4.57. The normalized spacial score (nSPS) is 23.1. The smallest absolute Gasteiger partial charge is 0.307 e. The van der Waals surface area contributed by atoms with E-state index in [4.69, 9.17) is 5.10 Å². The van der Waals surface area contributed by atoms with Gasteiger partial charge in [-0.2, -0.15) is 20.8 Å². The minimum Gasteiger partial charge on any atom is -0.481 e. The van der Waals surface area contributed by atoms with Crippen molar-refractivity contribution in [2.24, 2.45) is 5.92 Å². The molecule has 0 spiro atoms. The minimum atomic E-state index is -2.44. The first-order chi connectivity index (χ1) is 16.8. The van der Waals surface area contributed by atoms with Crippen molar-refractivity contribution in [3.05, 3.63) is 54.0 Å². The first-order valence-electron chi connectivity index (χ1n) is 12.0. The predicted molar refractivity (Wildman–Crippen MR) is 136 cm³/mol. The Kier molecular flexibility index (Phi) is 6.52. The van der Waals surface area contributed by atoms with E-state index in [1.807, 2.05) is 49.5 Å². The zero-order valence-electron chi connectivity index (χ0n) is 19.7. The number of carboxylic acids is 1. The number of benzene rings is 1. The highest BCUT2D eigenvalue weighted by atomic mass is 32.3. The molecule has 186 valence electrons. The maximum atomic E-state index is 12.1. The zero-order chi connectivity index (χ0) is 24.6. The van der Waals surface area contributed by atoms with E-state index in [0.29, 0.717) is 36.8 Å². The molecule has 2 aliphatic rings. The molecule has 3 N–H and O–H groups in total. The summed E-state index contributed by atoms with van der Waals surface area (Å²) in [4.78, 5) is 14.2. The highest BCUT2D eigenvalue weighted by Gasteiger charge is 2.35. The first kappa shape index (κ1) is 23.8. The average molecular weight is 498 g/mol. The molecule has 1 aliphatic heterocycles. The third-order valence-corrected chi connectivity index (χ3v) is 8.79. The molecule has 1 saturated heterocycles. The van der Waals surface area contributed by atoms with E-state index in [-0.39, 0.29) is 5.92 Å². The molecule has 0 radical (unpaired) electrons. The Morgan fingerprint density at radius 2 is 1.71 bits per heavy atom. The van der Waals surface area contributed by atoms with Crippen molar-refractivity contribution in [2.75, 3.05) is 29.5 Å². The lowest BCUT2D eigenvalue weighted by atomic mass is 9.76. The zero-order valence-corrected chi connectivity index (χ0v) is 20.6. The summed E-state index contributed by atoms with van der Waals surface area (Å²) >= 11 is 0. The van der Waals surface area contributed by atoms with Gasteiger partial charge < -0.3 is 10.0 Å².